The van der Waals surface area contributed by atoms with E-state index in [9.17, 15) is 9.18 Å². The topological polar surface area (TPSA) is 63.3 Å². The number of hydrogen-bond acceptors (Lipinski definition) is 2. The lowest BCUT2D eigenvalue weighted by Crippen LogP contribution is -2.20. The lowest BCUT2D eigenvalue weighted by Gasteiger charge is -2.06. The van der Waals surface area contributed by atoms with Gasteiger partial charge in [-0.05, 0) is 17.7 Å². The van der Waals surface area contributed by atoms with Gasteiger partial charge in [0.1, 0.15) is 11.9 Å². The first kappa shape index (κ1) is 9.95. The molecule has 0 amide bonds. The Morgan fingerprint density at radius 1 is 1.62 bits per heavy atom. The van der Waals surface area contributed by atoms with Crippen LogP contribution in [0.5, 0.6) is 0 Å². The Kier molecular flexibility index (Phi) is 2.85. The number of benzene rings is 1. The number of carboxylic acid groups (broad SMARTS) is 1. The molecule has 0 bridgehead atoms. The molecule has 0 aromatic heterocycles. The highest BCUT2D eigenvalue weighted by Gasteiger charge is 2.15. The van der Waals surface area contributed by atoms with Crippen LogP contribution in [0, 0.1) is 5.82 Å². The number of carboxylic acids is 1. The fourth-order valence-electron chi connectivity index (χ4n) is 0.848. The highest BCUT2D eigenvalue weighted by Crippen LogP contribution is 2.19. The summed E-state index contributed by atoms with van der Waals surface area (Å²) >= 11 is 5.44. The lowest BCUT2D eigenvalue weighted by atomic mass is 10.1. The van der Waals surface area contributed by atoms with Crippen molar-refractivity contribution in [3.63, 3.8) is 0 Å². The van der Waals surface area contributed by atoms with Gasteiger partial charge in [0.15, 0.2) is 0 Å². The SMILES string of the molecule is N[C@H](C(=O)O)c1ccc(F)c(Cl)c1. The van der Waals surface area contributed by atoms with Crippen molar-refractivity contribution < 1.29 is 14.3 Å². The summed E-state index contributed by atoms with van der Waals surface area (Å²) < 4.78 is 12.6. The van der Waals surface area contributed by atoms with Gasteiger partial charge in [0.25, 0.3) is 0 Å². The van der Waals surface area contributed by atoms with Crippen molar-refractivity contribution in [2.45, 2.75) is 6.04 Å². The standard InChI is InChI=1S/C8H7ClFNO2/c9-5-3-4(1-2-6(5)10)7(11)8(12)13/h1-3,7H,11H2,(H,12,13)/t7-/m0/s1. The highest BCUT2D eigenvalue weighted by atomic mass is 35.5. The van der Waals surface area contributed by atoms with E-state index in [0.29, 0.717) is 0 Å². The van der Waals surface area contributed by atoms with E-state index >= 15 is 0 Å². The van der Waals surface area contributed by atoms with Crippen LogP contribution in [-0.4, -0.2) is 11.1 Å². The van der Waals surface area contributed by atoms with Crippen molar-refractivity contribution in [2.24, 2.45) is 5.73 Å². The Bertz CT molecular complexity index is 343. The molecule has 0 aliphatic carbocycles. The molecule has 1 atom stereocenters. The first-order valence-electron chi connectivity index (χ1n) is 3.45. The molecular formula is C8H7ClFNO2. The van der Waals surface area contributed by atoms with Gasteiger partial charge in [0.2, 0.25) is 0 Å². The quantitative estimate of drug-likeness (QED) is 0.767. The molecule has 0 heterocycles. The van der Waals surface area contributed by atoms with Crippen molar-refractivity contribution in [2.75, 3.05) is 0 Å². The fourth-order valence-corrected chi connectivity index (χ4v) is 1.04. The summed E-state index contributed by atoms with van der Waals surface area (Å²) in [5.74, 6) is -1.77. The molecule has 0 saturated heterocycles. The number of halogens is 2. The van der Waals surface area contributed by atoms with Crippen LogP contribution >= 0.6 is 11.6 Å². The Morgan fingerprint density at radius 2 is 2.23 bits per heavy atom. The van der Waals surface area contributed by atoms with Crippen molar-refractivity contribution in [3.05, 3.63) is 34.6 Å². The third-order valence-corrected chi connectivity index (χ3v) is 1.86. The normalized spacial score (nSPS) is 12.5. The zero-order valence-electron chi connectivity index (χ0n) is 6.50. The van der Waals surface area contributed by atoms with Crippen LogP contribution in [0.15, 0.2) is 18.2 Å². The van der Waals surface area contributed by atoms with E-state index in [1.165, 1.54) is 12.1 Å². The molecule has 0 unspecified atom stereocenters. The Morgan fingerprint density at radius 3 is 2.69 bits per heavy atom. The minimum Gasteiger partial charge on any atom is -0.480 e. The van der Waals surface area contributed by atoms with Gasteiger partial charge >= 0.3 is 5.97 Å². The maximum Gasteiger partial charge on any atom is 0.325 e. The van der Waals surface area contributed by atoms with Crippen LogP contribution in [0.1, 0.15) is 11.6 Å². The zero-order chi connectivity index (χ0) is 10.0. The van der Waals surface area contributed by atoms with Gasteiger partial charge in [-0.1, -0.05) is 17.7 Å². The van der Waals surface area contributed by atoms with Crippen LogP contribution in [0.2, 0.25) is 5.02 Å². The molecule has 3 N–H and O–H groups in total. The first-order valence-corrected chi connectivity index (χ1v) is 3.83. The summed E-state index contributed by atoms with van der Waals surface area (Å²) in [7, 11) is 0. The van der Waals surface area contributed by atoms with E-state index in [1.54, 1.807) is 0 Å². The predicted molar refractivity (Wildman–Crippen MR) is 46.0 cm³/mol. The van der Waals surface area contributed by atoms with Gasteiger partial charge in [0.05, 0.1) is 5.02 Å². The largest absolute Gasteiger partial charge is 0.480 e. The predicted octanol–water partition coefficient (Wildman–Crippen LogP) is 1.56. The Balaban J connectivity index is 3.03. The average molecular weight is 204 g/mol. The fraction of sp³-hybridized carbons (Fsp3) is 0.125. The maximum atomic E-state index is 12.6. The molecular weight excluding hydrogens is 197 g/mol. The molecule has 0 saturated carbocycles. The molecule has 3 nitrogen and oxygen atoms in total. The maximum absolute atomic E-state index is 12.6. The van der Waals surface area contributed by atoms with Gasteiger partial charge in [-0.15, -0.1) is 0 Å². The van der Waals surface area contributed by atoms with E-state index in [4.69, 9.17) is 22.4 Å². The van der Waals surface area contributed by atoms with Crippen molar-refractivity contribution >= 4 is 17.6 Å². The van der Waals surface area contributed by atoms with Crippen molar-refractivity contribution in [1.82, 2.24) is 0 Å². The van der Waals surface area contributed by atoms with Gasteiger partial charge in [-0.2, -0.15) is 0 Å². The number of carbonyl (C=O) groups is 1. The van der Waals surface area contributed by atoms with E-state index in [0.717, 1.165) is 6.07 Å². The van der Waals surface area contributed by atoms with Crippen molar-refractivity contribution in [3.8, 4) is 0 Å². The summed E-state index contributed by atoms with van der Waals surface area (Å²) in [6, 6.07) is 2.41. The monoisotopic (exact) mass is 203 g/mol. The van der Waals surface area contributed by atoms with Crippen LogP contribution in [0.3, 0.4) is 0 Å². The van der Waals surface area contributed by atoms with Crippen LogP contribution in [-0.2, 0) is 4.79 Å². The molecule has 0 aliphatic heterocycles. The third-order valence-electron chi connectivity index (χ3n) is 1.57. The molecule has 5 heteroatoms. The zero-order valence-corrected chi connectivity index (χ0v) is 7.25. The lowest BCUT2D eigenvalue weighted by molar-refractivity contribution is -0.138. The molecule has 0 aliphatic rings. The van der Waals surface area contributed by atoms with Crippen LogP contribution in [0.4, 0.5) is 4.39 Å². The molecule has 0 radical (unpaired) electrons. The van der Waals surface area contributed by atoms with Gasteiger partial charge in [-0.3, -0.25) is 4.79 Å². The van der Waals surface area contributed by atoms with Crippen molar-refractivity contribution in [1.29, 1.82) is 0 Å². The minimum absolute atomic E-state index is 0.130. The van der Waals surface area contributed by atoms with Crippen LogP contribution < -0.4 is 5.73 Å². The molecule has 70 valence electrons. The van der Waals surface area contributed by atoms with E-state index in [1.807, 2.05) is 0 Å². The average Bonchev–Trinajstić information content (AvgIpc) is 2.08. The molecule has 1 rings (SSSR count). The molecule has 13 heavy (non-hydrogen) atoms. The van der Waals surface area contributed by atoms with E-state index in [2.05, 4.69) is 0 Å². The smallest absolute Gasteiger partial charge is 0.325 e. The van der Waals surface area contributed by atoms with Gasteiger partial charge in [0, 0.05) is 0 Å². The summed E-state index contributed by atoms with van der Waals surface area (Å²) in [6.07, 6.45) is 0. The van der Waals surface area contributed by atoms with Gasteiger partial charge < -0.3 is 10.8 Å². The second kappa shape index (κ2) is 3.72. The Labute approximate surface area is 78.9 Å². The summed E-state index contributed by atoms with van der Waals surface area (Å²) in [5.41, 5.74) is 5.55. The van der Waals surface area contributed by atoms with Crippen LogP contribution in [0.25, 0.3) is 0 Å². The Hall–Kier alpha value is -1.13. The number of nitrogens with two attached hydrogens (primary N) is 1. The summed E-state index contributed by atoms with van der Waals surface area (Å²) in [6.45, 7) is 0. The number of hydrogen-bond donors (Lipinski definition) is 2. The summed E-state index contributed by atoms with van der Waals surface area (Å²) in [5, 5.41) is 8.40. The molecule has 0 fully saturated rings. The minimum atomic E-state index is -1.18. The second-order valence-corrected chi connectivity index (χ2v) is 2.90. The van der Waals surface area contributed by atoms with Gasteiger partial charge in [-0.25, -0.2) is 4.39 Å². The number of rotatable bonds is 2. The summed E-state index contributed by atoms with van der Waals surface area (Å²) in [4.78, 5) is 10.4. The van der Waals surface area contributed by atoms with E-state index in [-0.39, 0.29) is 10.6 Å². The second-order valence-electron chi connectivity index (χ2n) is 2.49. The first-order chi connectivity index (χ1) is 6.02. The molecule has 1 aromatic carbocycles. The van der Waals surface area contributed by atoms with E-state index < -0.39 is 17.8 Å². The highest BCUT2D eigenvalue weighted by molar-refractivity contribution is 6.30. The number of aliphatic carboxylic acids is 1. The molecule has 1 aromatic rings. The molecule has 0 spiro atoms. The third kappa shape index (κ3) is 2.17.